The molecule has 0 spiro atoms. The van der Waals surface area contributed by atoms with Crippen LogP contribution in [0.2, 0.25) is 0 Å². The fourth-order valence-corrected chi connectivity index (χ4v) is 0.264. The highest BCUT2D eigenvalue weighted by atomic mass is 16.4. The summed E-state index contributed by atoms with van der Waals surface area (Å²) in [5.74, 6) is 0. The SMILES string of the molecule is CC(C)(O)CC=NO. The van der Waals surface area contributed by atoms with Crippen molar-refractivity contribution in [2.24, 2.45) is 5.16 Å². The van der Waals surface area contributed by atoms with Crippen LogP contribution in [0.25, 0.3) is 0 Å². The summed E-state index contributed by atoms with van der Waals surface area (Å²) in [7, 11) is 0. The molecule has 0 amide bonds. The van der Waals surface area contributed by atoms with Crippen molar-refractivity contribution in [1.82, 2.24) is 0 Å². The van der Waals surface area contributed by atoms with Crippen LogP contribution >= 0.6 is 0 Å². The van der Waals surface area contributed by atoms with Crippen LogP contribution in [0.15, 0.2) is 5.16 Å². The van der Waals surface area contributed by atoms with Crippen molar-refractivity contribution in [3.05, 3.63) is 0 Å². The van der Waals surface area contributed by atoms with Gasteiger partial charge in [0.25, 0.3) is 0 Å². The van der Waals surface area contributed by atoms with E-state index >= 15 is 0 Å². The number of aliphatic hydroxyl groups is 1. The lowest BCUT2D eigenvalue weighted by atomic mass is 10.1. The summed E-state index contributed by atoms with van der Waals surface area (Å²) < 4.78 is 0. The first-order valence-electron chi connectivity index (χ1n) is 2.44. The minimum atomic E-state index is -0.758. The molecule has 3 nitrogen and oxygen atoms in total. The predicted octanol–water partition coefficient (Wildman–Crippen LogP) is 0.607. The zero-order valence-corrected chi connectivity index (χ0v) is 5.13. The summed E-state index contributed by atoms with van der Waals surface area (Å²) >= 11 is 0. The van der Waals surface area contributed by atoms with E-state index < -0.39 is 5.60 Å². The fourth-order valence-electron chi connectivity index (χ4n) is 0.264. The lowest BCUT2D eigenvalue weighted by Crippen LogP contribution is -2.18. The topological polar surface area (TPSA) is 52.8 Å². The molecule has 0 rings (SSSR count). The van der Waals surface area contributed by atoms with E-state index in [1.807, 2.05) is 0 Å². The summed E-state index contributed by atoms with van der Waals surface area (Å²) in [6.45, 7) is 3.30. The molecule has 0 atom stereocenters. The molecular weight excluding hydrogens is 106 g/mol. The molecule has 3 heteroatoms. The first-order valence-corrected chi connectivity index (χ1v) is 2.44. The second kappa shape index (κ2) is 2.67. The number of nitrogens with zero attached hydrogens (tertiary/aromatic N) is 1. The Morgan fingerprint density at radius 3 is 2.25 bits per heavy atom. The Labute approximate surface area is 48.6 Å². The van der Waals surface area contributed by atoms with Gasteiger partial charge in [-0.1, -0.05) is 0 Å². The van der Waals surface area contributed by atoms with Gasteiger partial charge in [0.15, 0.2) is 0 Å². The van der Waals surface area contributed by atoms with Gasteiger partial charge in [-0.2, -0.15) is 0 Å². The van der Waals surface area contributed by atoms with Gasteiger partial charge >= 0.3 is 0 Å². The summed E-state index contributed by atoms with van der Waals surface area (Å²) in [4.78, 5) is 0. The molecule has 0 saturated heterocycles. The Balaban J connectivity index is 3.39. The van der Waals surface area contributed by atoms with Gasteiger partial charge in [-0.3, -0.25) is 0 Å². The third-order valence-corrected chi connectivity index (χ3v) is 0.672. The Bertz CT molecular complexity index is 82.9. The van der Waals surface area contributed by atoms with Crippen LogP contribution in [0.1, 0.15) is 20.3 Å². The van der Waals surface area contributed by atoms with Crippen LogP contribution in [0.3, 0.4) is 0 Å². The van der Waals surface area contributed by atoms with E-state index in [0.717, 1.165) is 0 Å². The molecule has 2 N–H and O–H groups in total. The van der Waals surface area contributed by atoms with Crippen molar-refractivity contribution in [3.63, 3.8) is 0 Å². The van der Waals surface area contributed by atoms with Crippen molar-refractivity contribution in [3.8, 4) is 0 Å². The maximum atomic E-state index is 8.95. The van der Waals surface area contributed by atoms with Crippen LogP contribution in [0.5, 0.6) is 0 Å². The van der Waals surface area contributed by atoms with Crippen LogP contribution in [0.4, 0.5) is 0 Å². The minimum Gasteiger partial charge on any atom is -0.411 e. The molecule has 0 saturated carbocycles. The van der Waals surface area contributed by atoms with Crippen LogP contribution in [-0.2, 0) is 0 Å². The number of hydrogen-bond acceptors (Lipinski definition) is 3. The van der Waals surface area contributed by atoms with Crippen LogP contribution in [-0.4, -0.2) is 22.1 Å². The van der Waals surface area contributed by atoms with Gasteiger partial charge in [-0.05, 0) is 13.8 Å². The molecule has 0 bridgehead atoms. The van der Waals surface area contributed by atoms with E-state index in [2.05, 4.69) is 5.16 Å². The average molecular weight is 117 g/mol. The number of hydrogen-bond donors (Lipinski definition) is 2. The van der Waals surface area contributed by atoms with Crippen molar-refractivity contribution in [2.45, 2.75) is 25.9 Å². The monoisotopic (exact) mass is 117 g/mol. The Kier molecular flexibility index (Phi) is 2.48. The molecule has 0 aliphatic rings. The summed E-state index contributed by atoms with van der Waals surface area (Å²) in [5.41, 5.74) is -0.758. The standard InChI is InChI=1S/C5H11NO2/c1-5(2,7)3-4-6-8/h4,7-8H,3H2,1-2H3. The largest absolute Gasteiger partial charge is 0.411 e. The van der Waals surface area contributed by atoms with E-state index in [-0.39, 0.29) is 0 Å². The quantitative estimate of drug-likeness (QED) is 0.316. The van der Waals surface area contributed by atoms with Gasteiger partial charge in [0.1, 0.15) is 0 Å². The Morgan fingerprint density at radius 1 is 1.62 bits per heavy atom. The first-order chi connectivity index (χ1) is 3.56. The van der Waals surface area contributed by atoms with Crippen LogP contribution < -0.4 is 0 Å². The van der Waals surface area contributed by atoms with Crippen molar-refractivity contribution in [1.29, 1.82) is 0 Å². The third-order valence-electron chi connectivity index (χ3n) is 0.672. The lowest BCUT2D eigenvalue weighted by Gasteiger charge is -2.11. The van der Waals surface area contributed by atoms with E-state index in [9.17, 15) is 0 Å². The van der Waals surface area contributed by atoms with E-state index in [1.165, 1.54) is 6.21 Å². The zero-order chi connectivity index (χ0) is 6.62. The van der Waals surface area contributed by atoms with Crippen molar-refractivity contribution in [2.75, 3.05) is 0 Å². The predicted molar refractivity (Wildman–Crippen MR) is 31.2 cm³/mol. The average Bonchev–Trinajstić information content (AvgIpc) is 1.59. The smallest absolute Gasteiger partial charge is 0.0642 e. The van der Waals surface area contributed by atoms with E-state index in [4.69, 9.17) is 10.3 Å². The fraction of sp³-hybridized carbons (Fsp3) is 0.800. The van der Waals surface area contributed by atoms with Crippen molar-refractivity contribution < 1.29 is 10.3 Å². The number of rotatable bonds is 2. The third kappa shape index (κ3) is 5.43. The summed E-state index contributed by atoms with van der Waals surface area (Å²) in [5, 5.41) is 19.6. The van der Waals surface area contributed by atoms with Crippen LogP contribution in [0, 0.1) is 0 Å². The Morgan fingerprint density at radius 2 is 2.12 bits per heavy atom. The van der Waals surface area contributed by atoms with Gasteiger partial charge in [0.2, 0.25) is 0 Å². The normalized spacial score (nSPS) is 12.9. The van der Waals surface area contributed by atoms with Gasteiger partial charge in [-0.15, -0.1) is 5.16 Å². The highest BCUT2D eigenvalue weighted by Crippen LogP contribution is 2.03. The molecular formula is C5H11NO2. The highest BCUT2D eigenvalue weighted by Gasteiger charge is 2.08. The molecule has 0 heterocycles. The lowest BCUT2D eigenvalue weighted by molar-refractivity contribution is 0.0889. The molecule has 48 valence electrons. The molecule has 0 aromatic rings. The molecule has 0 unspecified atom stereocenters. The van der Waals surface area contributed by atoms with Gasteiger partial charge in [0.05, 0.1) is 5.60 Å². The van der Waals surface area contributed by atoms with Gasteiger partial charge in [-0.25, -0.2) is 0 Å². The summed E-state index contributed by atoms with van der Waals surface area (Å²) in [6.07, 6.45) is 1.64. The van der Waals surface area contributed by atoms with Gasteiger partial charge in [0, 0.05) is 12.6 Å². The molecule has 0 radical (unpaired) electrons. The van der Waals surface area contributed by atoms with E-state index in [0.29, 0.717) is 6.42 Å². The minimum absolute atomic E-state index is 0.378. The van der Waals surface area contributed by atoms with E-state index in [1.54, 1.807) is 13.8 Å². The first kappa shape index (κ1) is 7.43. The second-order valence-electron chi connectivity index (χ2n) is 2.31. The molecule has 0 aromatic heterocycles. The highest BCUT2D eigenvalue weighted by molar-refractivity contribution is 5.57. The van der Waals surface area contributed by atoms with Crippen molar-refractivity contribution >= 4 is 6.21 Å². The molecule has 0 aliphatic carbocycles. The maximum Gasteiger partial charge on any atom is 0.0642 e. The summed E-state index contributed by atoms with van der Waals surface area (Å²) in [6, 6.07) is 0. The molecule has 0 aliphatic heterocycles. The number of oxime groups is 1. The Hall–Kier alpha value is -0.570. The van der Waals surface area contributed by atoms with Gasteiger partial charge < -0.3 is 10.3 Å². The molecule has 0 aromatic carbocycles. The molecule has 0 fully saturated rings. The second-order valence-corrected chi connectivity index (χ2v) is 2.31. The molecule has 8 heavy (non-hydrogen) atoms. The zero-order valence-electron chi connectivity index (χ0n) is 5.13. The maximum absolute atomic E-state index is 8.95.